The number of likely N-dealkylation sites (N-methyl/N-ethyl adjacent to an activating group) is 1. The Hall–Kier alpha value is -1.88. The van der Waals surface area contributed by atoms with Gasteiger partial charge < -0.3 is 19.1 Å². The molecular formula is C18H29NO4. The minimum Gasteiger partial charge on any atom is -0.550 e. The molecule has 1 atom stereocenters. The van der Waals surface area contributed by atoms with Gasteiger partial charge in [0.15, 0.2) is 6.10 Å². The molecule has 0 aromatic rings. The van der Waals surface area contributed by atoms with E-state index in [-0.39, 0.29) is 12.8 Å². The molecule has 5 heteroatoms. The number of aliphatic carboxylic acids is 1. The summed E-state index contributed by atoms with van der Waals surface area (Å²) in [5, 5.41) is 10.7. The van der Waals surface area contributed by atoms with Crippen molar-refractivity contribution in [1.82, 2.24) is 0 Å². The maximum atomic E-state index is 11.8. The Kier molecular flexibility index (Phi) is 10.7. The zero-order valence-electron chi connectivity index (χ0n) is 14.7. The van der Waals surface area contributed by atoms with Crippen LogP contribution in [0, 0.1) is 0 Å². The SMILES string of the molecule is CCC/C=C/C=C/C=C/CC(=O)OC(CC(=O)[O-])C[N+](C)(C)C. The monoisotopic (exact) mass is 323 g/mol. The fourth-order valence-electron chi connectivity index (χ4n) is 1.89. The molecule has 0 N–H and O–H groups in total. The number of ether oxygens (including phenoxy) is 1. The molecule has 0 spiro atoms. The van der Waals surface area contributed by atoms with Gasteiger partial charge in [0.1, 0.15) is 6.54 Å². The molecule has 130 valence electrons. The van der Waals surface area contributed by atoms with Crippen molar-refractivity contribution in [2.45, 2.75) is 38.7 Å². The third-order valence-corrected chi connectivity index (χ3v) is 2.79. The normalized spacial score (nSPS) is 13.9. The number of nitrogens with zero attached hydrogens (tertiary/aromatic N) is 1. The summed E-state index contributed by atoms with van der Waals surface area (Å²) in [7, 11) is 5.73. The molecule has 0 aromatic carbocycles. The van der Waals surface area contributed by atoms with E-state index >= 15 is 0 Å². The molecule has 5 nitrogen and oxygen atoms in total. The average Bonchev–Trinajstić information content (AvgIpc) is 2.39. The topological polar surface area (TPSA) is 66.4 Å². The molecule has 0 aliphatic rings. The van der Waals surface area contributed by atoms with Crippen LogP contribution >= 0.6 is 0 Å². The maximum absolute atomic E-state index is 11.8. The molecule has 0 bridgehead atoms. The van der Waals surface area contributed by atoms with Crippen molar-refractivity contribution in [2.75, 3.05) is 27.7 Å². The fourth-order valence-corrected chi connectivity index (χ4v) is 1.89. The molecule has 0 rings (SSSR count). The second-order valence-corrected chi connectivity index (χ2v) is 6.39. The van der Waals surface area contributed by atoms with E-state index in [0.717, 1.165) is 12.8 Å². The van der Waals surface area contributed by atoms with Crippen molar-refractivity contribution >= 4 is 11.9 Å². The molecule has 23 heavy (non-hydrogen) atoms. The number of allylic oxidation sites excluding steroid dienone is 5. The van der Waals surface area contributed by atoms with Crippen molar-refractivity contribution in [2.24, 2.45) is 0 Å². The van der Waals surface area contributed by atoms with Crippen LogP contribution in [0.2, 0.25) is 0 Å². The Labute approximate surface area is 139 Å². The van der Waals surface area contributed by atoms with Crippen LogP contribution < -0.4 is 5.11 Å². The lowest BCUT2D eigenvalue weighted by atomic mass is 10.2. The van der Waals surface area contributed by atoms with Gasteiger partial charge in [0, 0.05) is 12.4 Å². The van der Waals surface area contributed by atoms with Gasteiger partial charge in [-0.3, -0.25) is 4.79 Å². The van der Waals surface area contributed by atoms with E-state index in [1.54, 1.807) is 12.2 Å². The van der Waals surface area contributed by atoms with Crippen molar-refractivity contribution < 1.29 is 23.9 Å². The van der Waals surface area contributed by atoms with Crippen LogP contribution in [-0.2, 0) is 14.3 Å². The number of hydrogen-bond acceptors (Lipinski definition) is 4. The minimum absolute atomic E-state index is 0.115. The molecule has 0 aliphatic heterocycles. The lowest BCUT2D eigenvalue weighted by Gasteiger charge is -2.29. The lowest BCUT2D eigenvalue weighted by molar-refractivity contribution is -0.873. The molecule has 0 heterocycles. The summed E-state index contributed by atoms with van der Waals surface area (Å²) in [6.07, 6.45) is 12.6. The average molecular weight is 323 g/mol. The number of carboxylic acid groups (broad SMARTS) is 1. The fraction of sp³-hybridized carbons (Fsp3) is 0.556. The Balaban J connectivity index is 4.28. The third-order valence-electron chi connectivity index (χ3n) is 2.79. The van der Waals surface area contributed by atoms with Gasteiger partial charge in [-0.15, -0.1) is 0 Å². The molecule has 0 aliphatic carbocycles. The summed E-state index contributed by atoms with van der Waals surface area (Å²) in [6.45, 7) is 2.54. The van der Waals surface area contributed by atoms with Gasteiger partial charge in [0.2, 0.25) is 0 Å². The Morgan fingerprint density at radius 1 is 1.09 bits per heavy atom. The highest BCUT2D eigenvalue weighted by atomic mass is 16.5. The van der Waals surface area contributed by atoms with E-state index in [0.29, 0.717) is 11.0 Å². The minimum atomic E-state index is -1.21. The molecular weight excluding hydrogens is 294 g/mol. The number of hydrogen-bond donors (Lipinski definition) is 0. The first-order chi connectivity index (χ1) is 10.7. The van der Waals surface area contributed by atoms with Gasteiger partial charge in [-0.05, 0) is 6.42 Å². The molecule has 1 unspecified atom stereocenters. The van der Waals surface area contributed by atoms with E-state index < -0.39 is 18.0 Å². The Morgan fingerprint density at radius 3 is 2.22 bits per heavy atom. The van der Waals surface area contributed by atoms with Crippen molar-refractivity contribution in [3.63, 3.8) is 0 Å². The maximum Gasteiger partial charge on any atom is 0.310 e. The number of carboxylic acids is 1. The van der Waals surface area contributed by atoms with Crippen LogP contribution in [0.15, 0.2) is 36.5 Å². The van der Waals surface area contributed by atoms with Gasteiger partial charge in [-0.2, -0.15) is 0 Å². The number of carbonyl (C=O) groups excluding carboxylic acids is 2. The first-order valence-corrected chi connectivity index (χ1v) is 7.92. The van der Waals surface area contributed by atoms with Gasteiger partial charge in [-0.25, -0.2) is 0 Å². The summed E-state index contributed by atoms with van der Waals surface area (Å²) in [5.41, 5.74) is 0. The Bertz CT molecular complexity index is 444. The van der Waals surface area contributed by atoms with Crippen LogP contribution in [-0.4, -0.2) is 50.2 Å². The number of unbranched alkanes of at least 4 members (excludes halogenated alkanes) is 1. The summed E-state index contributed by atoms with van der Waals surface area (Å²) in [4.78, 5) is 22.5. The van der Waals surface area contributed by atoms with Crippen molar-refractivity contribution in [3.8, 4) is 0 Å². The van der Waals surface area contributed by atoms with Crippen LogP contribution in [0.4, 0.5) is 0 Å². The number of rotatable bonds is 11. The van der Waals surface area contributed by atoms with E-state index in [2.05, 4.69) is 13.0 Å². The molecule has 0 amide bonds. The van der Waals surface area contributed by atoms with Gasteiger partial charge in [-0.1, -0.05) is 49.8 Å². The third kappa shape index (κ3) is 14.8. The number of esters is 1. The number of quaternary nitrogens is 1. The highest BCUT2D eigenvalue weighted by Gasteiger charge is 2.21. The second-order valence-electron chi connectivity index (χ2n) is 6.39. The van der Waals surface area contributed by atoms with Gasteiger partial charge in [0.25, 0.3) is 0 Å². The highest BCUT2D eigenvalue weighted by molar-refractivity contribution is 5.72. The number of carbonyl (C=O) groups is 2. The Morgan fingerprint density at radius 2 is 1.70 bits per heavy atom. The molecule has 0 saturated heterocycles. The lowest BCUT2D eigenvalue weighted by Crippen LogP contribution is -2.45. The summed E-state index contributed by atoms with van der Waals surface area (Å²) in [6, 6.07) is 0. The highest BCUT2D eigenvalue weighted by Crippen LogP contribution is 2.06. The smallest absolute Gasteiger partial charge is 0.310 e. The summed E-state index contributed by atoms with van der Waals surface area (Å²) in [5.74, 6) is -1.65. The second kappa shape index (κ2) is 11.7. The molecule has 0 aromatic heterocycles. The van der Waals surface area contributed by atoms with Crippen LogP contribution in [0.3, 0.4) is 0 Å². The predicted molar refractivity (Wildman–Crippen MR) is 89.3 cm³/mol. The quantitative estimate of drug-likeness (QED) is 0.329. The van der Waals surface area contributed by atoms with Crippen LogP contribution in [0.5, 0.6) is 0 Å². The standard InChI is InChI=1S/C18H29NO4/c1-5-6-7-8-9-10-11-12-13-18(22)23-16(14-17(20)21)15-19(2,3)4/h7-12,16H,5-6,13-15H2,1-4H3/b8-7+,10-9+,12-11+. The van der Waals surface area contributed by atoms with E-state index in [9.17, 15) is 14.7 Å². The zero-order chi connectivity index (χ0) is 17.7. The first kappa shape index (κ1) is 21.1. The van der Waals surface area contributed by atoms with Gasteiger partial charge in [0.05, 0.1) is 27.6 Å². The molecule has 0 radical (unpaired) electrons. The van der Waals surface area contributed by atoms with E-state index in [1.165, 1.54) is 0 Å². The van der Waals surface area contributed by atoms with Gasteiger partial charge >= 0.3 is 5.97 Å². The zero-order valence-corrected chi connectivity index (χ0v) is 14.7. The summed E-state index contributed by atoms with van der Waals surface area (Å²) < 4.78 is 5.74. The van der Waals surface area contributed by atoms with E-state index in [1.807, 2.05) is 39.4 Å². The molecule has 0 saturated carbocycles. The van der Waals surface area contributed by atoms with Crippen molar-refractivity contribution in [1.29, 1.82) is 0 Å². The van der Waals surface area contributed by atoms with Crippen LogP contribution in [0.25, 0.3) is 0 Å². The van der Waals surface area contributed by atoms with Crippen LogP contribution in [0.1, 0.15) is 32.6 Å². The van der Waals surface area contributed by atoms with E-state index in [4.69, 9.17) is 4.74 Å². The van der Waals surface area contributed by atoms with Crippen molar-refractivity contribution in [3.05, 3.63) is 36.5 Å². The molecule has 0 fully saturated rings. The predicted octanol–water partition coefficient (Wildman–Crippen LogP) is 1.60. The largest absolute Gasteiger partial charge is 0.550 e. The first-order valence-electron chi connectivity index (χ1n) is 7.92. The summed E-state index contributed by atoms with van der Waals surface area (Å²) >= 11 is 0.